The van der Waals surface area contributed by atoms with Gasteiger partial charge in [-0.3, -0.25) is 9.59 Å². The number of fused-ring (bicyclic) bond motifs is 1. The van der Waals surface area contributed by atoms with Crippen molar-refractivity contribution >= 4 is 22.7 Å². The summed E-state index contributed by atoms with van der Waals surface area (Å²) in [5.74, 6) is 1.34. The zero-order valence-electron chi connectivity index (χ0n) is 23.3. The van der Waals surface area contributed by atoms with Crippen LogP contribution >= 0.6 is 0 Å². The molecule has 0 radical (unpaired) electrons. The Morgan fingerprint density at radius 1 is 1.13 bits per heavy atom. The molecule has 10 heteroatoms. The maximum absolute atomic E-state index is 13.3. The summed E-state index contributed by atoms with van der Waals surface area (Å²) in [6, 6.07) is 9.44. The lowest BCUT2D eigenvalue weighted by Gasteiger charge is -2.30. The quantitative estimate of drug-likeness (QED) is 0.378. The number of allylic oxidation sites excluding steroid dienone is 1. The molecule has 4 heterocycles. The minimum atomic E-state index is -0.543. The van der Waals surface area contributed by atoms with Gasteiger partial charge < -0.3 is 10.2 Å². The van der Waals surface area contributed by atoms with Gasteiger partial charge in [0.15, 0.2) is 11.5 Å². The summed E-state index contributed by atoms with van der Waals surface area (Å²) in [5.41, 5.74) is 2.87. The highest BCUT2D eigenvalue weighted by atomic mass is 16.1. The van der Waals surface area contributed by atoms with Crippen LogP contribution in [-0.4, -0.2) is 54.1 Å². The molecule has 0 atom stereocenters. The molecule has 204 valence electrons. The molecule has 0 unspecified atom stereocenters. The smallest absolute Gasteiger partial charge is 0.278 e. The Hall–Kier alpha value is -4.05. The lowest BCUT2D eigenvalue weighted by molar-refractivity contribution is 0.255. The Balaban J connectivity index is 1.54. The minimum absolute atomic E-state index is 0.226. The van der Waals surface area contributed by atoms with E-state index in [2.05, 4.69) is 59.0 Å². The van der Waals surface area contributed by atoms with Gasteiger partial charge in [-0.1, -0.05) is 12.1 Å². The maximum Gasteiger partial charge on any atom is 0.278 e. The zero-order chi connectivity index (χ0) is 27.9. The summed E-state index contributed by atoms with van der Waals surface area (Å²) < 4.78 is 4.53. The molecule has 0 saturated carbocycles. The fourth-order valence-electron chi connectivity index (χ4n) is 5.26. The first-order chi connectivity index (χ1) is 18.6. The molecule has 1 aliphatic heterocycles. The first-order valence-electron chi connectivity index (χ1n) is 13.3. The predicted octanol–water partition coefficient (Wildman–Crippen LogP) is 3.94. The van der Waals surface area contributed by atoms with E-state index in [1.807, 2.05) is 20.8 Å². The van der Waals surface area contributed by atoms with E-state index in [4.69, 9.17) is 4.98 Å². The van der Waals surface area contributed by atoms with Gasteiger partial charge in [-0.2, -0.15) is 4.98 Å². The highest BCUT2D eigenvalue weighted by Crippen LogP contribution is 2.31. The molecule has 0 amide bonds. The Labute approximate surface area is 227 Å². The normalized spacial score (nSPS) is 15.1. The standard InChI is InChI=1S/C29H36N8O2/c1-7-14-35-27(39)23-18-30-28(31-21-8-9-22(19(2)17-21)20-12-15-34(6)16-13-20)32-26(23)36(35)24-10-11-25(38)37(33-24)29(3,4)5/h7-11,17-18,20H,1,12-16H2,2-6H3,(H,30,31,32). The highest BCUT2D eigenvalue weighted by Gasteiger charge is 2.22. The zero-order valence-corrected chi connectivity index (χ0v) is 23.3. The van der Waals surface area contributed by atoms with Crippen LogP contribution < -0.4 is 16.4 Å². The van der Waals surface area contributed by atoms with E-state index in [9.17, 15) is 9.59 Å². The van der Waals surface area contributed by atoms with Crippen molar-refractivity contribution in [3.63, 3.8) is 0 Å². The van der Waals surface area contributed by atoms with Crippen LogP contribution in [0.15, 0.2) is 58.8 Å². The van der Waals surface area contributed by atoms with E-state index in [0.29, 0.717) is 28.7 Å². The molecule has 39 heavy (non-hydrogen) atoms. The van der Waals surface area contributed by atoms with E-state index in [0.717, 1.165) is 18.8 Å². The van der Waals surface area contributed by atoms with Crippen molar-refractivity contribution in [2.45, 2.75) is 58.5 Å². The number of rotatable bonds is 6. The Kier molecular flexibility index (Phi) is 6.98. The molecular formula is C29H36N8O2. The fraction of sp³-hybridized carbons (Fsp3) is 0.414. The number of hydrogen-bond acceptors (Lipinski definition) is 7. The van der Waals surface area contributed by atoms with Gasteiger partial charge in [0.1, 0.15) is 5.39 Å². The third-order valence-electron chi connectivity index (χ3n) is 7.30. The molecule has 1 fully saturated rings. The molecule has 5 rings (SSSR count). The van der Waals surface area contributed by atoms with E-state index in [-0.39, 0.29) is 17.7 Å². The number of aryl methyl sites for hydroxylation is 1. The van der Waals surface area contributed by atoms with Gasteiger partial charge in [0.05, 0.1) is 12.1 Å². The SMILES string of the molecule is C=CCn1c(=O)c2cnc(Nc3ccc(C4CCN(C)CC4)c(C)c3)nc2n1-c1ccc(=O)n(C(C)(C)C)n1. The summed E-state index contributed by atoms with van der Waals surface area (Å²) in [4.78, 5) is 37.3. The third-order valence-corrected chi connectivity index (χ3v) is 7.30. The monoisotopic (exact) mass is 528 g/mol. The number of anilines is 2. The Bertz CT molecular complexity index is 1650. The number of likely N-dealkylation sites (tertiary alicyclic amines) is 1. The molecule has 10 nitrogen and oxygen atoms in total. The lowest BCUT2D eigenvalue weighted by atomic mass is 9.87. The molecular weight excluding hydrogens is 492 g/mol. The van der Waals surface area contributed by atoms with Crippen LogP contribution in [0.2, 0.25) is 0 Å². The maximum atomic E-state index is 13.3. The van der Waals surface area contributed by atoms with Gasteiger partial charge in [0.2, 0.25) is 5.95 Å². The molecule has 0 spiro atoms. The van der Waals surface area contributed by atoms with Crippen LogP contribution in [0.5, 0.6) is 0 Å². The second-order valence-corrected chi connectivity index (χ2v) is 11.3. The average Bonchev–Trinajstić information content (AvgIpc) is 3.15. The Morgan fingerprint density at radius 2 is 1.87 bits per heavy atom. The molecule has 4 aromatic rings. The van der Waals surface area contributed by atoms with Crippen LogP contribution in [0.4, 0.5) is 11.6 Å². The van der Waals surface area contributed by atoms with Gasteiger partial charge in [0.25, 0.3) is 11.1 Å². The van der Waals surface area contributed by atoms with Crippen LogP contribution in [-0.2, 0) is 12.1 Å². The van der Waals surface area contributed by atoms with Crippen molar-refractivity contribution in [3.05, 3.63) is 81.0 Å². The van der Waals surface area contributed by atoms with Gasteiger partial charge in [-0.25, -0.2) is 19.0 Å². The first kappa shape index (κ1) is 26.6. The number of hydrogen-bond donors (Lipinski definition) is 1. The molecule has 1 aromatic carbocycles. The average molecular weight is 529 g/mol. The van der Waals surface area contributed by atoms with Gasteiger partial charge in [-0.15, -0.1) is 11.7 Å². The molecule has 0 aliphatic carbocycles. The van der Waals surface area contributed by atoms with Crippen LogP contribution in [0.3, 0.4) is 0 Å². The lowest BCUT2D eigenvalue weighted by Crippen LogP contribution is -2.36. The van der Waals surface area contributed by atoms with E-state index < -0.39 is 5.54 Å². The van der Waals surface area contributed by atoms with Gasteiger partial charge >= 0.3 is 0 Å². The first-order valence-corrected chi connectivity index (χ1v) is 13.3. The number of nitrogens with zero attached hydrogens (tertiary/aromatic N) is 7. The van der Waals surface area contributed by atoms with Crippen molar-refractivity contribution < 1.29 is 0 Å². The summed E-state index contributed by atoms with van der Waals surface area (Å²) >= 11 is 0. The van der Waals surface area contributed by atoms with E-state index in [1.165, 1.54) is 45.6 Å². The third kappa shape index (κ3) is 5.16. The van der Waals surface area contributed by atoms with Crippen LogP contribution in [0, 0.1) is 6.92 Å². The molecule has 1 N–H and O–H groups in total. The second kappa shape index (κ2) is 10.3. The molecule has 0 bridgehead atoms. The highest BCUT2D eigenvalue weighted by molar-refractivity contribution is 5.77. The number of nitrogens with one attached hydrogen (secondary N) is 1. The fourth-order valence-corrected chi connectivity index (χ4v) is 5.26. The summed E-state index contributed by atoms with van der Waals surface area (Å²) in [6.45, 7) is 14.1. The minimum Gasteiger partial charge on any atom is -0.324 e. The van der Waals surface area contributed by atoms with E-state index in [1.54, 1.807) is 16.8 Å². The number of benzene rings is 1. The predicted molar refractivity (Wildman–Crippen MR) is 154 cm³/mol. The van der Waals surface area contributed by atoms with Crippen molar-refractivity contribution in [1.29, 1.82) is 0 Å². The van der Waals surface area contributed by atoms with Gasteiger partial charge in [-0.05, 0) is 95.9 Å². The van der Waals surface area contributed by atoms with Crippen LogP contribution in [0.25, 0.3) is 16.9 Å². The van der Waals surface area contributed by atoms with Gasteiger partial charge in [0, 0.05) is 18.0 Å². The molecule has 1 aliphatic rings. The largest absolute Gasteiger partial charge is 0.324 e. The van der Waals surface area contributed by atoms with Crippen LogP contribution in [0.1, 0.15) is 50.7 Å². The van der Waals surface area contributed by atoms with E-state index >= 15 is 0 Å². The summed E-state index contributed by atoms with van der Waals surface area (Å²) in [7, 11) is 2.18. The number of aromatic nitrogens is 6. The molecule has 1 saturated heterocycles. The summed E-state index contributed by atoms with van der Waals surface area (Å²) in [5, 5.41) is 8.25. The number of piperidine rings is 1. The Morgan fingerprint density at radius 3 is 2.54 bits per heavy atom. The summed E-state index contributed by atoms with van der Waals surface area (Å²) in [6.07, 6.45) is 5.50. The van der Waals surface area contributed by atoms with Crippen molar-refractivity contribution in [2.75, 3.05) is 25.5 Å². The van der Waals surface area contributed by atoms with Crippen molar-refractivity contribution in [1.82, 2.24) is 34.0 Å². The topological polar surface area (TPSA) is 103 Å². The van der Waals surface area contributed by atoms with Crippen molar-refractivity contribution in [3.8, 4) is 5.82 Å². The van der Waals surface area contributed by atoms with Crippen molar-refractivity contribution in [2.24, 2.45) is 0 Å². The second-order valence-electron chi connectivity index (χ2n) is 11.3. The molecule has 3 aromatic heterocycles.